The van der Waals surface area contributed by atoms with Crippen molar-refractivity contribution in [3.05, 3.63) is 35.4 Å². The van der Waals surface area contributed by atoms with Gasteiger partial charge in [-0.2, -0.15) is 0 Å². The van der Waals surface area contributed by atoms with E-state index in [0.717, 1.165) is 13.0 Å². The van der Waals surface area contributed by atoms with E-state index in [1.54, 1.807) is 0 Å². The van der Waals surface area contributed by atoms with Crippen molar-refractivity contribution in [3.8, 4) is 0 Å². The molecule has 1 aliphatic rings. The minimum absolute atomic E-state index is 0.0596. The van der Waals surface area contributed by atoms with Gasteiger partial charge in [-0.15, -0.1) is 0 Å². The minimum Gasteiger partial charge on any atom is -0.355 e. The molecule has 3 N–H and O–H groups in total. The maximum absolute atomic E-state index is 11.7. The zero-order chi connectivity index (χ0) is 12.4. The number of nitrogens with two attached hydrogens (primary N) is 1. The van der Waals surface area contributed by atoms with E-state index in [1.807, 2.05) is 13.8 Å². The molecule has 3 unspecified atom stereocenters. The molecule has 0 bridgehead atoms. The van der Waals surface area contributed by atoms with E-state index in [1.165, 1.54) is 11.1 Å². The van der Waals surface area contributed by atoms with Gasteiger partial charge in [-0.05, 0) is 24.5 Å². The van der Waals surface area contributed by atoms with Crippen LogP contribution in [0.4, 0.5) is 0 Å². The van der Waals surface area contributed by atoms with E-state index in [0.29, 0.717) is 5.92 Å². The Labute approximate surface area is 102 Å². The third-order valence-corrected chi connectivity index (χ3v) is 3.69. The fraction of sp³-hybridized carbons (Fsp3) is 0.500. The van der Waals surface area contributed by atoms with E-state index in [9.17, 15) is 4.79 Å². The lowest BCUT2D eigenvalue weighted by Crippen LogP contribution is -2.41. The van der Waals surface area contributed by atoms with Crippen LogP contribution in [0.3, 0.4) is 0 Å². The highest BCUT2D eigenvalue weighted by Crippen LogP contribution is 2.33. The average Bonchev–Trinajstić information content (AvgIpc) is 2.29. The van der Waals surface area contributed by atoms with Gasteiger partial charge in [-0.3, -0.25) is 4.79 Å². The quantitative estimate of drug-likeness (QED) is 0.825. The third-order valence-electron chi connectivity index (χ3n) is 3.69. The molecule has 0 saturated carbocycles. The molecule has 2 rings (SSSR count). The molecule has 0 radical (unpaired) electrons. The second-order valence-electron chi connectivity index (χ2n) is 4.99. The lowest BCUT2D eigenvalue weighted by molar-refractivity contribution is -0.125. The second-order valence-corrected chi connectivity index (χ2v) is 4.99. The average molecular weight is 232 g/mol. The normalized spacial score (nSPS) is 21.0. The summed E-state index contributed by atoms with van der Waals surface area (Å²) >= 11 is 0. The van der Waals surface area contributed by atoms with Crippen LogP contribution in [0.1, 0.15) is 30.9 Å². The van der Waals surface area contributed by atoms with Crippen LogP contribution in [-0.2, 0) is 11.2 Å². The van der Waals surface area contributed by atoms with Crippen LogP contribution in [0.25, 0.3) is 0 Å². The standard InChI is InChI=1S/C14H20N2O/c1-9(10(2)15)14(17)16-8-12-7-11-5-3-4-6-13(11)12/h3-6,9-10,12H,7-8,15H2,1-2H3,(H,16,17). The van der Waals surface area contributed by atoms with Crippen LogP contribution < -0.4 is 11.1 Å². The van der Waals surface area contributed by atoms with Gasteiger partial charge in [0.2, 0.25) is 5.91 Å². The Kier molecular flexibility index (Phi) is 3.48. The highest BCUT2D eigenvalue weighted by Gasteiger charge is 2.26. The van der Waals surface area contributed by atoms with Gasteiger partial charge in [0.1, 0.15) is 0 Å². The van der Waals surface area contributed by atoms with Crippen molar-refractivity contribution in [2.75, 3.05) is 6.54 Å². The Hall–Kier alpha value is -1.35. The molecule has 0 fully saturated rings. The summed E-state index contributed by atoms with van der Waals surface area (Å²) in [6.45, 7) is 4.46. The maximum Gasteiger partial charge on any atom is 0.224 e. The molecule has 3 nitrogen and oxygen atoms in total. The number of carbonyl (C=O) groups excluding carboxylic acids is 1. The van der Waals surface area contributed by atoms with Crippen molar-refractivity contribution in [2.24, 2.45) is 11.7 Å². The van der Waals surface area contributed by atoms with Gasteiger partial charge >= 0.3 is 0 Å². The molecular formula is C14H20N2O. The van der Waals surface area contributed by atoms with E-state index in [-0.39, 0.29) is 17.9 Å². The highest BCUT2D eigenvalue weighted by atomic mass is 16.1. The second kappa shape index (κ2) is 4.88. The van der Waals surface area contributed by atoms with Crippen LogP contribution in [-0.4, -0.2) is 18.5 Å². The maximum atomic E-state index is 11.7. The van der Waals surface area contributed by atoms with E-state index in [2.05, 4.69) is 29.6 Å². The molecule has 1 amide bonds. The fourth-order valence-corrected chi connectivity index (χ4v) is 2.17. The topological polar surface area (TPSA) is 55.1 Å². The summed E-state index contributed by atoms with van der Waals surface area (Å²) in [4.78, 5) is 11.7. The number of amides is 1. The molecule has 0 spiro atoms. The van der Waals surface area contributed by atoms with Crippen molar-refractivity contribution in [2.45, 2.75) is 32.2 Å². The summed E-state index contributed by atoms with van der Waals surface area (Å²) < 4.78 is 0. The molecule has 1 aliphatic carbocycles. The molecule has 0 saturated heterocycles. The van der Waals surface area contributed by atoms with Gasteiger partial charge in [0, 0.05) is 24.4 Å². The lowest BCUT2D eigenvalue weighted by atomic mass is 9.77. The summed E-state index contributed by atoms with van der Waals surface area (Å²) in [6, 6.07) is 8.31. The van der Waals surface area contributed by atoms with Crippen LogP contribution in [0.2, 0.25) is 0 Å². The zero-order valence-electron chi connectivity index (χ0n) is 10.4. The molecule has 1 aromatic rings. The molecule has 1 aromatic carbocycles. The van der Waals surface area contributed by atoms with Crippen LogP contribution >= 0.6 is 0 Å². The number of carbonyl (C=O) groups is 1. The van der Waals surface area contributed by atoms with Crippen molar-refractivity contribution in [3.63, 3.8) is 0 Å². The lowest BCUT2D eigenvalue weighted by Gasteiger charge is -2.30. The number of hydrogen-bond donors (Lipinski definition) is 2. The van der Waals surface area contributed by atoms with Crippen LogP contribution in [0.5, 0.6) is 0 Å². The first-order chi connectivity index (χ1) is 8.09. The summed E-state index contributed by atoms with van der Waals surface area (Å²) in [6.07, 6.45) is 1.07. The van der Waals surface area contributed by atoms with Gasteiger partial charge in [-0.25, -0.2) is 0 Å². The van der Waals surface area contributed by atoms with Gasteiger partial charge in [-0.1, -0.05) is 31.2 Å². The Morgan fingerprint density at radius 3 is 2.82 bits per heavy atom. The number of rotatable bonds is 4. The van der Waals surface area contributed by atoms with Crippen molar-refractivity contribution >= 4 is 5.91 Å². The molecule has 3 atom stereocenters. The van der Waals surface area contributed by atoms with Gasteiger partial charge in [0.25, 0.3) is 0 Å². The summed E-state index contributed by atoms with van der Waals surface area (Å²) in [5.74, 6) is 0.421. The smallest absolute Gasteiger partial charge is 0.224 e. The van der Waals surface area contributed by atoms with Crippen molar-refractivity contribution in [1.29, 1.82) is 0 Å². The predicted molar refractivity (Wildman–Crippen MR) is 68.7 cm³/mol. The van der Waals surface area contributed by atoms with Gasteiger partial charge in [0.15, 0.2) is 0 Å². The molecular weight excluding hydrogens is 212 g/mol. The first-order valence-electron chi connectivity index (χ1n) is 6.20. The zero-order valence-corrected chi connectivity index (χ0v) is 10.4. The molecule has 17 heavy (non-hydrogen) atoms. The SMILES string of the molecule is CC(N)C(C)C(=O)NCC1Cc2ccccc21. The van der Waals surface area contributed by atoms with Gasteiger partial charge in [0.05, 0.1) is 0 Å². The Morgan fingerprint density at radius 1 is 1.47 bits per heavy atom. The van der Waals surface area contributed by atoms with Gasteiger partial charge < -0.3 is 11.1 Å². The van der Waals surface area contributed by atoms with Crippen molar-refractivity contribution in [1.82, 2.24) is 5.32 Å². The van der Waals surface area contributed by atoms with Crippen molar-refractivity contribution < 1.29 is 4.79 Å². The number of fused-ring (bicyclic) bond motifs is 1. The minimum atomic E-state index is -0.120. The summed E-state index contributed by atoms with van der Waals surface area (Å²) in [5, 5.41) is 2.99. The van der Waals surface area contributed by atoms with Crippen LogP contribution in [0.15, 0.2) is 24.3 Å². The molecule has 0 aliphatic heterocycles. The van der Waals surface area contributed by atoms with Crippen LogP contribution in [0, 0.1) is 5.92 Å². The number of hydrogen-bond acceptors (Lipinski definition) is 2. The van der Waals surface area contributed by atoms with E-state index < -0.39 is 0 Å². The predicted octanol–water partition coefficient (Wildman–Crippen LogP) is 1.43. The van der Waals surface area contributed by atoms with E-state index in [4.69, 9.17) is 5.73 Å². The monoisotopic (exact) mass is 232 g/mol. The summed E-state index contributed by atoms with van der Waals surface area (Å²) in [7, 11) is 0. The Morgan fingerprint density at radius 2 is 2.18 bits per heavy atom. The molecule has 0 aromatic heterocycles. The van der Waals surface area contributed by atoms with E-state index >= 15 is 0 Å². The fourth-order valence-electron chi connectivity index (χ4n) is 2.17. The summed E-state index contributed by atoms with van der Waals surface area (Å²) in [5.41, 5.74) is 8.49. The first kappa shape index (κ1) is 12.1. The highest BCUT2D eigenvalue weighted by molar-refractivity contribution is 5.79. The Bertz CT molecular complexity index is 414. The third kappa shape index (κ3) is 2.50. The molecule has 92 valence electrons. The Balaban J connectivity index is 1.84. The largest absolute Gasteiger partial charge is 0.355 e. The number of benzene rings is 1. The molecule has 0 heterocycles. The number of nitrogens with one attached hydrogen (secondary N) is 1. The molecule has 3 heteroatoms. The first-order valence-corrected chi connectivity index (χ1v) is 6.20.